The molecule has 0 unspecified atom stereocenters. The van der Waals surface area contributed by atoms with E-state index in [-0.39, 0.29) is 5.82 Å². The summed E-state index contributed by atoms with van der Waals surface area (Å²) in [7, 11) is 0. The zero-order valence-electron chi connectivity index (χ0n) is 12.7. The molecule has 0 fully saturated rings. The summed E-state index contributed by atoms with van der Waals surface area (Å²) in [6.07, 6.45) is 0.771. The van der Waals surface area contributed by atoms with Crippen LogP contribution in [0.3, 0.4) is 0 Å². The second-order valence-corrected chi connectivity index (χ2v) is 4.83. The predicted molar refractivity (Wildman–Crippen MR) is 84.0 cm³/mol. The Hall–Kier alpha value is -2.17. The Morgan fingerprint density at radius 3 is 2.43 bits per heavy atom. The highest BCUT2D eigenvalue weighted by Gasteiger charge is 2.09. The normalized spacial score (nSPS) is 10.5. The molecule has 0 radical (unpaired) electrons. The summed E-state index contributed by atoms with van der Waals surface area (Å²) >= 11 is 0. The SMILES string of the molecule is CCNc1nc(CC)nc(NCc2cccc(F)c2)c1C. The molecule has 0 spiro atoms. The Morgan fingerprint density at radius 1 is 1.10 bits per heavy atom. The highest BCUT2D eigenvalue weighted by Crippen LogP contribution is 2.21. The summed E-state index contributed by atoms with van der Waals surface area (Å²) in [6.45, 7) is 7.38. The Morgan fingerprint density at radius 2 is 1.81 bits per heavy atom. The third-order valence-corrected chi connectivity index (χ3v) is 3.20. The lowest BCUT2D eigenvalue weighted by Gasteiger charge is -2.14. The van der Waals surface area contributed by atoms with Gasteiger partial charge in [0.05, 0.1) is 0 Å². The number of hydrogen-bond donors (Lipinski definition) is 2. The van der Waals surface area contributed by atoms with Crippen LogP contribution < -0.4 is 10.6 Å². The van der Waals surface area contributed by atoms with Crippen LogP contribution in [0.2, 0.25) is 0 Å². The Labute approximate surface area is 124 Å². The average Bonchev–Trinajstić information content (AvgIpc) is 2.48. The van der Waals surface area contributed by atoms with Crippen molar-refractivity contribution in [3.05, 3.63) is 47.0 Å². The number of rotatable bonds is 6. The van der Waals surface area contributed by atoms with Gasteiger partial charge < -0.3 is 10.6 Å². The monoisotopic (exact) mass is 288 g/mol. The maximum atomic E-state index is 13.2. The minimum Gasteiger partial charge on any atom is -0.370 e. The van der Waals surface area contributed by atoms with E-state index in [1.807, 2.05) is 26.8 Å². The van der Waals surface area contributed by atoms with Gasteiger partial charge in [0.2, 0.25) is 0 Å². The van der Waals surface area contributed by atoms with Crippen LogP contribution in [0.15, 0.2) is 24.3 Å². The van der Waals surface area contributed by atoms with Gasteiger partial charge in [0, 0.05) is 25.1 Å². The summed E-state index contributed by atoms with van der Waals surface area (Å²) in [4.78, 5) is 9.00. The zero-order chi connectivity index (χ0) is 15.2. The standard InChI is InChI=1S/C16H21FN4/c1-4-14-20-15(18-5-2)11(3)16(21-14)19-10-12-7-6-8-13(17)9-12/h6-9H,4-5,10H2,1-3H3,(H2,18,19,20,21). The summed E-state index contributed by atoms with van der Waals surface area (Å²) in [5.41, 5.74) is 1.86. The number of nitrogens with zero attached hydrogens (tertiary/aromatic N) is 2. The first-order chi connectivity index (χ1) is 10.1. The molecule has 0 bridgehead atoms. The molecule has 21 heavy (non-hydrogen) atoms. The van der Waals surface area contributed by atoms with Crippen molar-refractivity contribution < 1.29 is 4.39 Å². The van der Waals surface area contributed by atoms with Gasteiger partial charge in [-0.2, -0.15) is 0 Å². The lowest BCUT2D eigenvalue weighted by molar-refractivity contribution is 0.626. The molecular formula is C16H21FN4. The van der Waals surface area contributed by atoms with Crippen LogP contribution >= 0.6 is 0 Å². The summed E-state index contributed by atoms with van der Waals surface area (Å²) in [5.74, 6) is 2.21. The molecule has 1 heterocycles. The van der Waals surface area contributed by atoms with Gasteiger partial charge in [-0.1, -0.05) is 19.1 Å². The molecule has 2 aromatic rings. The van der Waals surface area contributed by atoms with E-state index in [1.165, 1.54) is 12.1 Å². The highest BCUT2D eigenvalue weighted by molar-refractivity contribution is 5.57. The summed E-state index contributed by atoms with van der Waals surface area (Å²) < 4.78 is 13.2. The van der Waals surface area contributed by atoms with Crippen molar-refractivity contribution >= 4 is 11.6 Å². The Bertz CT molecular complexity index is 613. The fourth-order valence-electron chi connectivity index (χ4n) is 2.07. The van der Waals surface area contributed by atoms with Crippen molar-refractivity contribution in [1.29, 1.82) is 0 Å². The van der Waals surface area contributed by atoms with Gasteiger partial charge in [-0.05, 0) is 31.5 Å². The van der Waals surface area contributed by atoms with Gasteiger partial charge in [-0.25, -0.2) is 14.4 Å². The third-order valence-electron chi connectivity index (χ3n) is 3.20. The molecule has 0 aliphatic carbocycles. The quantitative estimate of drug-likeness (QED) is 0.853. The topological polar surface area (TPSA) is 49.8 Å². The molecule has 0 aliphatic rings. The zero-order valence-corrected chi connectivity index (χ0v) is 12.7. The van der Waals surface area contributed by atoms with Gasteiger partial charge >= 0.3 is 0 Å². The van der Waals surface area contributed by atoms with Gasteiger partial charge in [0.25, 0.3) is 0 Å². The van der Waals surface area contributed by atoms with Crippen molar-refractivity contribution in [2.45, 2.75) is 33.7 Å². The second kappa shape index (κ2) is 7.02. The minimum atomic E-state index is -0.226. The van der Waals surface area contributed by atoms with Gasteiger partial charge in [-0.3, -0.25) is 0 Å². The van der Waals surface area contributed by atoms with E-state index in [0.29, 0.717) is 6.54 Å². The smallest absolute Gasteiger partial charge is 0.135 e. The molecule has 0 amide bonds. The maximum absolute atomic E-state index is 13.2. The van der Waals surface area contributed by atoms with E-state index in [2.05, 4.69) is 20.6 Å². The first-order valence-corrected chi connectivity index (χ1v) is 7.23. The van der Waals surface area contributed by atoms with E-state index in [0.717, 1.165) is 41.6 Å². The van der Waals surface area contributed by atoms with E-state index in [4.69, 9.17) is 0 Å². The molecule has 0 saturated carbocycles. The molecule has 1 aromatic heterocycles. The number of halogens is 1. The van der Waals surface area contributed by atoms with Crippen molar-refractivity contribution in [2.24, 2.45) is 0 Å². The van der Waals surface area contributed by atoms with Crippen molar-refractivity contribution in [3.63, 3.8) is 0 Å². The van der Waals surface area contributed by atoms with Crippen LogP contribution in [0.25, 0.3) is 0 Å². The Balaban J connectivity index is 2.20. The fourth-order valence-corrected chi connectivity index (χ4v) is 2.07. The third kappa shape index (κ3) is 3.90. The van der Waals surface area contributed by atoms with E-state index in [1.54, 1.807) is 6.07 Å². The first-order valence-electron chi connectivity index (χ1n) is 7.23. The Kier molecular flexibility index (Phi) is 5.09. The molecule has 2 N–H and O–H groups in total. The fraction of sp³-hybridized carbons (Fsp3) is 0.375. The number of benzene rings is 1. The van der Waals surface area contributed by atoms with Gasteiger partial charge in [0.1, 0.15) is 23.3 Å². The number of hydrogen-bond acceptors (Lipinski definition) is 4. The molecule has 0 aliphatic heterocycles. The van der Waals surface area contributed by atoms with Crippen LogP contribution in [0.4, 0.5) is 16.0 Å². The van der Waals surface area contributed by atoms with Crippen molar-refractivity contribution in [3.8, 4) is 0 Å². The van der Waals surface area contributed by atoms with E-state index < -0.39 is 0 Å². The van der Waals surface area contributed by atoms with Crippen LogP contribution in [-0.2, 0) is 13.0 Å². The molecule has 1 aromatic carbocycles. The number of aromatic nitrogens is 2. The molecule has 2 rings (SSSR count). The summed E-state index contributed by atoms with van der Waals surface area (Å²) in [5, 5.41) is 6.52. The van der Waals surface area contributed by atoms with Crippen LogP contribution in [0, 0.1) is 12.7 Å². The van der Waals surface area contributed by atoms with Crippen LogP contribution in [0.1, 0.15) is 30.8 Å². The molecule has 5 heteroatoms. The number of aryl methyl sites for hydroxylation is 1. The molecule has 0 atom stereocenters. The van der Waals surface area contributed by atoms with Crippen LogP contribution in [0.5, 0.6) is 0 Å². The lowest BCUT2D eigenvalue weighted by atomic mass is 10.2. The highest BCUT2D eigenvalue weighted by atomic mass is 19.1. The summed E-state index contributed by atoms with van der Waals surface area (Å²) in [6, 6.07) is 6.56. The molecule has 112 valence electrons. The number of nitrogens with one attached hydrogen (secondary N) is 2. The molecule has 0 saturated heterocycles. The number of anilines is 2. The first kappa shape index (κ1) is 15.2. The predicted octanol–water partition coefficient (Wildman–Crippen LogP) is 3.53. The lowest BCUT2D eigenvalue weighted by Crippen LogP contribution is -2.11. The maximum Gasteiger partial charge on any atom is 0.135 e. The minimum absolute atomic E-state index is 0.226. The van der Waals surface area contributed by atoms with E-state index in [9.17, 15) is 4.39 Å². The average molecular weight is 288 g/mol. The molecular weight excluding hydrogens is 267 g/mol. The van der Waals surface area contributed by atoms with Gasteiger partial charge in [-0.15, -0.1) is 0 Å². The van der Waals surface area contributed by atoms with Crippen molar-refractivity contribution in [2.75, 3.05) is 17.2 Å². The molecule has 4 nitrogen and oxygen atoms in total. The largest absolute Gasteiger partial charge is 0.370 e. The van der Waals surface area contributed by atoms with Gasteiger partial charge in [0.15, 0.2) is 0 Å². The van der Waals surface area contributed by atoms with E-state index >= 15 is 0 Å². The van der Waals surface area contributed by atoms with Crippen LogP contribution in [-0.4, -0.2) is 16.5 Å². The van der Waals surface area contributed by atoms with Crippen molar-refractivity contribution in [1.82, 2.24) is 9.97 Å². The second-order valence-electron chi connectivity index (χ2n) is 4.83.